The summed E-state index contributed by atoms with van der Waals surface area (Å²) in [5.74, 6) is 7.17. The number of hydrogen-bond donors (Lipinski definition) is 2. The van der Waals surface area contributed by atoms with Crippen molar-refractivity contribution in [1.29, 1.82) is 0 Å². The Labute approximate surface area is 133 Å². The van der Waals surface area contributed by atoms with E-state index in [1.165, 1.54) is 16.4 Å². The summed E-state index contributed by atoms with van der Waals surface area (Å²) in [5.41, 5.74) is 0.715. The summed E-state index contributed by atoms with van der Waals surface area (Å²) in [5, 5.41) is 11.0. The first kappa shape index (κ1) is 16.2. The topological polar surface area (TPSA) is 95.1 Å². The summed E-state index contributed by atoms with van der Waals surface area (Å²) < 4.78 is 6.90. The molecule has 1 heterocycles. The molecule has 118 valence electrons. The van der Waals surface area contributed by atoms with Gasteiger partial charge in [0, 0.05) is 5.69 Å². The van der Waals surface area contributed by atoms with Gasteiger partial charge in [0.2, 0.25) is 11.1 Å². The number of amides is 1. The van der Waals surface area contributed by atoms with E-state index in [1.807, 2.05) is 26.0 Å². The normalized spacial score (nSPS) is 10.7. The summed E-state index contributed by atoms with van der Waals surface area (Å²) in [6, 6.07) is 7.25. The van der Waals surface area contributed by atoms with Crippen molar-refractivity contribution in [2.24, 2.45) is 0 Å². The monoisotopic (exact) mass is 321 g/mol. The molecular formula is C14H19N5O2S. The van der Waals surface area contributed by atoms with Gasteiger partial charge < -0.3 is 15.9 Å². The summed E-state index contributed by atoms with van der Waals surface area (Å²) in [4.78, 5) is 11.9. The van der Waals surface area contributed by atoms with Gasteiger partial charge in [-0.15, -0.1) is 10.2 Å². The van der Waals surface area contributed by atoms with Crippen LogP contribution in [0, 0.1) is 6.92 Å². The summed E-state index contributed by atoms with van der Waals surface area (Å²) in [6.07, 6.45) is 0.119. The Hall–Kier alpha value is -2.22. The standard InChI is InChI=1S/C14H19N5O2S/c1-9(2)21-12-6-4-11(5-7-12)16-13(20)8-22-14-18-17-10(3)19(14)15/h4-7,9H,8,15H2,1-3H3,(H,16,20). The average Bonchev–Trinajstić information content (AvgIpc) is 2.78. The maximum Gasteiger partial charge on any atom is 0.234 e. The molecule has 1 aromatic heterocycles. The van der Waals surface area contributed by atoms with Crippen LogP contribution in [0.15, 0.2) is 29.4 Å². The van der Waals surface area contributed by atoms with Gasteiger partial charge in [-0.2, -0.15) is 0 Å². The number of carbonyl (C=O) groups is 1. The lowest BCUT2D eigenvalue weighted by atomic mass is 10.3. The van der Waals surface area contributed by atoms with Crippen molar-refractivity contribution in [3.63, 3.8) is 0 Å². The van der Waals surface area contributed by atoms with E-state index in [0.29, 0.717) is 16.7 Å². The number of anilines is 1. The average molecular weight is 321 g/mol. The summed E-state index contributed by atoms with van der Waals surface area (Å²) in [7, 11) is 0. The second-order valence-electron chi connectivity index (χ2n) is 4.93. The fraction of sp³-hybridized carbons (Fsp3) is 0.357. The van der Waals surface area contributed by atoms with Gasteiger partial charge in [-0.1, -0.05) is 11.8 Å². The van der Waals surface area contributed by atoms with E-state index in [-0.39, 0.29) is 17.8 Å². The molecular weight excluding hydrogens is 302 g/mol. The van der Waals surface area contributed by atoms with Crippen LogP contribution in [-0.4, -0.2) is 32.6 Å². The fourth-order valence-corrected chi connectivity index (χ4v) is 2.37. The van der Waals surface area contributed by atoms with Crippen LogP contribution in [0.25, 0.3) is 0 Å². The van der Waals surface area contributed by atoms with Crippen molar-refractivity contribution >= 4 is 23.4 Å². The van der Waals surface area contributed by atoms with Gasteiger partial charge in [-0.3, -0.25) is 4.79 Å². The van der Waals surface area contributed by atoms with E-state index in [0.717, 1.165) is 5.75 Å². The highest BCUT2D eigenvalue weighted by atomic mass is 32.2. The predicted molar refractivity (Wildman–Crippen MR) is 86.5 cm³/mol. The van der Waals surface area contributed by atoms with E-state index in [2.05, 4.69) is 15.5 Å². The molecule has 0 saturated carbocycles. The molecule has 22 heavy (non-hydrogen) atoms. The maximum atomic E-state index is 11.9. The molecule has 0 bridgehead atoms. The lowest BCUT2D eigenvalue weighted by Gasteiger charge is -2.10. The van der Waals surface area contributed by atoms with Crippen LogP contribution in [-0.2, 0) is 4.79 Å². The number of benzene rings is 1. The zero-order valence-electron chi connectivity index (χ0n) is 12.7. The molecule has 0 fully saturated rings. The number of aromatic nitrogens is 3. The van der Waals surface area contributed by atoms with Crippen molar-refractivity contribution in [1.82, 2.24) is 14.9 Å². The quantitative estimate of drug-likeness (QED) is 0.622. The highest BCUT2D eigenvalue weighted by molar-refractivity contribution is 7.99. The number of nitrogens with zero attached hydrogens (tertiary/aromatic N) is 3. The Kier molecular flexibility index (Phi) is 5.26. The smallest absolute Gasteiger partial charge is 0.234 e. The molecule has 8 heteroatoms. The minimum Gasteiger partial charge on any atom is -0.491 e. The number of rotatable bonds is 6. The Morgan fingerprint density at radius 2 is 2.05 bits per heavy atom. The first-order chi connectivity index (χ1) is 10.5. The van der Waals surface area contributed by atoms with Crippen LogP contribution >= 0.6 is 11.8 Å². The molecule has 0 atom stereocenters. The van der Waals surface area contributed by atoms with Gasteiger partial charge in [0.25, 0.3) is 0 Å². The van der Waals surface area contributed by atoms with Gasteiger partial charge in [0.1, 0.15) is 11.6 Å². The molecule has 0 aliphatic carbocycles. The Morgan fingerprint density at radius 1 is 1.36 bits per heavy atom. The molecule has 3 N–H and O–H groups in total. The van der Waals surface area contributed by atoms with Crippen LogP contribution in [0.5, 0.6) is 5.75 Å². The molecule has 7 nitrogen and oxygen atoms in total. The van der Waals surface area contributed by atoms with Crippen molar-refractivity contribution in [3.8, 4) is 5.75 Å². The number of thioether (sulfide) groups is 1. The molecule has 0 spiro atoms. The van der Waals surface area contributed by atoms with Crippen molar-refractivity contribution in [2.45, 2.75) is 32.0 Å². The van der Waals surface area contributed by atoms with E-state index in [4.69, 9.17) is 10.6 Å². The number of carbonyl (C=O) groups excluding carboxylic acids is 1. The minimum atomic E-state index is -0.136. The van der Waals surface area contributed by atoms with Crippen molar-refractivity contribution in [2.75, 3.05) is 16.9 Å². The largest absolute Gasteiger partial charge is 0.491 e. The van der Waals surface area contributed by atoms with Gasteiger partial charge in [0.05, 0.1) is 11.9 Å². The molecule has 0 unspecified atom stereocenters. The molecule has 0 saturated heterocycles. The third kappa shape index (κ3) is 4.39. The predicted octanol–water partition coefficient (Wildman–Crippen LogP) is 1.82. The first-order valence-electron chi connectivity index (χ1n) is 6.82. The Bertz CT molecular complexity index is 639. The number of nitrogens with one attached hydrogen (secondary N) is 1. The molecule has 2 aromatic rings. The highest BCUT2D eigenvalue weighted by Crippen LogP contribution is 2.18. The number of aryl methyl sites for hydroxylation is 1. The third-order valence-corrected chi connectivity index (χ3v) is 3.62. The van der Waals surface area contributed by atoms with E-state index < -0.39 is 0 Å². The Morgan fingerprint density at radius 3 is 2.59 bits per heavy atom. The summed E-state index contributed by atoms with van der Waals surface area (Å²) in [6.45, 7) is 5.67. The zero-order chi connectivity index (χ0) is 16.1. The number of nitrogens with two attached hydrogens (primary N) is 1. The molecule has 1 amide bonds. The van der Waals surface area contributed by atoms with E-state index in [9.17, 15) is 4.79 Å². The molecule has 0 radical (unpaired) electrons. The molecule has 1 aromatic carbocycles. The van der Waals surface area contributed by atoms with Crippen LogP contribution < -0.4 is 15.9 Å². The third-order valence-electron chi connectivity index (χ3n) is 2.68. The number of nitrogen functional groups attached to an aromatic ring is 1. The Balaban J connectivity index is 1.85. The minimum absolute atomic E-state index is 0.119. The van der Waals surface area contributed by atoms with Crippen LogP contribution in [0.2, 0.25) is 0 Å². The van der Waals surface area contributed by atoms with Crippen molar-refractivity contribution < 1.29 is 9.53 Å². The molecule has 2 rings (SSSR count). The number of hydrogen-bond acceptors (Lipinski definition) is 6. The highest BCUT2D eigenvalue weighted by Gasteiger charge is 2.10. The zero-order valence-corrected chi connectivity index (χ0v) is 13.6. The van der Waals surface area contributed by atoms with Crippen LogP contribution in [0.1, 0.15) is 19.7 Å². The van der Waals surface area contributed by atoms with E-state index in [1.54, 1.807) is 19.1 Å². The van der Waals surface area contributed by atoms with Gasteiger partial charge >= 0.3 is 0 Å². The first-order valence-corrected chi connectivity index (χ1v) is 7.80. The van der Waals surface area contributed by atoms with Gasteiger partial charge in [-0.25, -0.2) is 4.68 Å². The van der Waals surface area contributed by atoms with Crippen molar-refractivity contribution in [3.05, 3.63) is 30.1 Å². The fourth-order valence-electron chi connectivity index (χ4n) is 1.66. The van der Waals surface area contributed by atoms with Crippen LogP contribution in [0.3, 0.4) is 0 Å². The van der Waals surface area contributed by atoms with Gasteiger partial charge in [-0.05, 0) is 45.0 Å². The maximum absolute atomic E-state index is 11.9. The molecule has 0 aliphatic rings. The lowest BCUT2D eigenvalue weighted by molar-refractivity contribution is -0.113. The summed E-state index contributed by atoms with van der Waals surface area (Å²) >= 11 is 1.23. The second-order valence-corrected chi connectivity index (χ2v) is 5.87. The second kappa shape index (κ2) is 7.17. The SMILES string of the molecule is Cc1nnc(SCC(=O)Nc2ccc(OC(C)C)cc2)n1N. The molecule has 0 aliphatic heterocycles. The van der Waals surface area contributed by atoms with Gasteiger partial charge in [0.15, 0.2) is 0 Å². The number of ether oxygens (including phenoxy) is 1. The van der Waals surface area contributed by atoms with E-state index >= 15 is 0 Å². The van der Waals surface area contributed by atoms with Crippen LogP contribution in [0.4, 0.5) is 5.69 Å². The lowest BCUT2D eigenvalue weighted by Crippen LogP contribution is -2.16.